The van der Waals surface area contributed by atoms with E-state index in [0.717, 1.165) is 13.0 Å². The Labute approximate surface area is 131 Å². The number of rotatable bonds is 3. The first kappa shape index (κ1) is 14.7. The summed E-state index contributed by atoms with van der Waals surface area (Å²) in [5.74, 6) is 0. The van der Waals surface area contributed by atoms with Crippen LogP contribution in [0.4, 0.5) is 0 Å². The molecule has 1 aromatic heterocycles. The number of aromatic nitrogens is 1. The van der Waals surface area contributed by atoms with Gasteiger partial charge in [0.2, 0.25) is 0 Å². The SMILES string of the molecule is CCNC1(c2nc(C)c(C)s2)CCCCc2ccccc21. The lowest BCUT2D eigenvalue weighted by Crippen LogP contribution is -2.43. The monoisotopic (exact) mass is 300 g/mol. The van der Waals surface area contributed by atoms with Gasteiger partial charge in [-0.3, -0.25) is 0 Å². The van der Waals surface area contributed by atoms with Crippen molar-refractivity contribution in [2.24, 2.45) is 0 Å². The first-order valence-electron chi connectivity index (χ1n) is 7.95. The van der Waals surface area contributed by atoms with Crippen LogP contribution < -0.4 is 5.32 Å². The normalized spacial score (nSPS) is 21.9. The Kier molecular flexibility index (Phi) is 4.14. The quantitative estimate of drug-likeness (QED) is 0.853. The lowest BCUT2D eigenvalue weighted by molar-refractivity contribution is 0.374. The molecule has 2 aromatic rings. The minimum absolute atomic E-state index is 0.0917. The molecule has 3 rings (SSSR count). The van der Waals surface area contributed by atoms with E-state index in [4.69, 9.17) is 4.98 Å². The number of hydrogen-bond donors (Lipinski definition) is 1. The molecule has 0 saturated carbocycles. The largest absolute Gasteiger partial charge is 0.302 e. The van der Waals surface area contributed by atoms with E-state index in [1.165, 1.54) is 46.0 Å². The summed E-state index contributed by atoms with van der Waals surface area (Å²) in [5.41, 5.74) is 4.01. The summed E-state index contributed by atoms with van der Waals surface area (Å²) >= 11 is 1.86. The van der Waals surface area contributed by atoms with Gasteiger partial charge in [-0.1, -0.05) is 37.6 Å². The summed E-state index contributed by atoms with van der Waals surface area (Å²) in [6, 6.07) is 8.93. The molecule has 1 unspecified atom stereocenters. The van der Waals surface area contributed by atoms with Gasteiger partial charge in [0.05, 0.1) is 11.2 Å². The Morgan fingerprint density at radius 2 is 2.05 bits per heavy atom. The van der Waals surface area contributed by atoms with Gasteiger partial charge in [0, 0.05) is 4.88 Å². The predicted octanol–water partition coefficient (Wildman–Crippen LogP) is 4.34. The molecule has 0 amide bonds. The maximum atomic E-state index is 4.92. The number of nitrogens with one attached hydrogen (secondary N) is 1. The topological polar surface area (TPSA) is 24.9 Å². The minimum atomic E-state index is -0.0917. The average molecular weight is 300 g/mol. The number of aryl methyl sites for hydroxylation is 3. The Bertz CT molecular complexity index is 612. The zero-order chi connectivity index (χ0) is 14.9. The number of hydrogen-bond acceptors (Lipinski definition) is 3. The third-order valence-corrected chi connectivity index (χ3v) is 5.83. The summed E-state index contributed by atoms with van der Waals surface area (Å²) in [5, 5.41) is 5.04. The zero-order valence-corrected chi connectivity index (χ0v) is 14.0. The molecule has 1 aliphatic rings. The van der Waals surface area contributed by atoms with Gasteiger partial charge < -0.3 is 5.32 Å². The van der Waals surface area contributed by atoms with Crippen LogP contribution in [0.2, 0.25) is 0 Å². The maximum absolute atomic E-state index is 4.92. The van der Waals surface area contributed by atoms with Gasteiger partial charge in [-0.2, -0.15) is 0 Å². The van der Waals surface area contributed by atoms with Crippen LogP contribution in [0, 0.1) is 13.8 Å². The fourth-order valence-corrected chi connectivity index (χ4v) is 4.56. The van der Waals surface area contributed by atoms with Crippen LogP contribution in [0.3, 0.4) is 0 Å². The average Bonchev–Trinajstić information content (AvgIpc) is 2.72. The van der Waals surface area contributed by atoms with E-state index >= 15 is 0 Å². The molecule has 1 heterocycles. The highest BCUT2D eigenvalue weighted by Gasteiger charge is 2.39. The van der Waals surface area contributed by atoms with Gasteiger partial charge in [-0.25, -0.2) is 4.98 Å². The van der Waals surface area contributed by atoms with Crippen LogP contribution >= 0.6 is 11.3 Å². The summed E-state index contributed by atoms with van der Waals surface area (Å²) in [7, 11) is 0. The smallest absolute Gasteiger partial charge is 0.118 e. The first-order valence-corrected chi connectivity index (χ1v) is 8.77. The fourth-order valence-electron chi connectivity index (χ4n) is 3.43. The van der Waals surface area contributed by atoms with Crippen LogP contribution in [0.1, 0.15) is 52.9 Å². The molecular formula is C18H24N2S. The van der Waals surface area contributed by atoms with E-state index in [-0.39, 0.29) is 5.54 Å². The van der Waals surface area contributed by atoms with E-state index in [2.05, 4.69) is 50.4 Å². The van der Waals surface area contributed by atoms with Crippen molar-refractivity contribution in [3.63, 3.8) is 0 Å². The van der Waals surface area contributed by atoms with Crippen molar-refractivity contribution >= 4 is 11.3 Å². The minimum Gasteiger partial charge on any atom is -0.302 e. The lowest BCUT2D eigenvalue weighted by Gasteiger charge is -2.34. The molecular weight excluding hydrogens is 276 g/mol. The molecule has 3 heteroatoms. The number of thiazole rings is 1. The number of nitrogens with zero attached hydrogens (tertiary/aromatic N) is 1. The predicted molar refractivity (Wildman–Crippen MR) is 90.0 cm³/mol. The van der Waals surface area contributed by atoms with Gasteiger partial charge in [0.25, 0.3) is 0 Å². The Hall–Kier alpha value is -1.19. The highest BCUT2D eigenvalue weighted by atomic mass is 32.1. The van der Waals surface area contributed by atoms with E-state index < -0.39 is 0 Å². The van der Waals surface area contributed by atoms with Crippen LogP contribution in [0.15, 0.2) is 24.3 Å². The zero-order valence-electron chi connectivity index (χ0n) is 13.2. The Morgan fingerprint density at radius 1 is 1.24 bits per heavy atom. The highest BCUT2D eigenvalue weighted by molar-refractivity contribution is 7.11. The molecule has 0 fully saturated rings. The second kappa shape index (κ2) is 5.90. The lowest BCUT2D eigenvalue weighted by atomic mass is 9.84. The third kappa shape index (κ3) is 2.53. The fraction of sp³-hybridized carbons (Fsp3) is 0.500. The number of benzene rings is 1. The van der Waals surface area contributed by atoms with Crippen molar-refractivity contribution in [2.45, 2.75) is 52.0 Å². The van der Waals surface area contributed by atoms with Gasteiger partial charge in [-0.05, 0) is 50.8 Å². The maximum Gasteiger partial charge on any atom is 0.118 e. The Morgan fingerprint density at radius 3 is 2.76 bits per heavy atom. The van der Waals surface area contributed by atoms with Crippen LogP contribution in [0.5, 0.6) is 0 Å². The molecule has 0 radical (unpaired) electrons. The van der Waals surface area contributed by atoms with Gasteiger partial charge in [0.15, 0.2) is 0 Å². The first-order chi connectivity index (χ1) is 10.2. The van der Waals surface area contributed by atoms with E-state index in [1.54, 1.807) is 0 Å². The molecule has 1 atom stereocenters. The standard InChI is InChI=1S/C18H24N2S/c1-4-19-18(17-20-13(2)14(3)21-17)12-8-7-10-15-9-5-6-11-16(15)18/h5-6,9,11,19H,4,7-8,10,12H2,1-3H3. The molecule has 0 spiro atoms. The summed E-state index contributed by atoms with van der Waals surface area (Å²) < 4.78 is 0. The second-order valence-electron chi connectivity index (χ2n) is 5.96. The van der Waals surface area contributed by atoms with Crippen molar-refractivity contribution in [2.75, 3.05) is 6.54 Å². The summed E-state index contributed by atoms with van der Waals surface area (Å²) in [6.07, 6.45) is 4.85. The molecule has 21 heavy (non-hydrogen) atoms. The summed E-state index contributed by atoms with van der Waals surface area (Å²) in [4.78, 5) is 6.26. The van der Waals surface area contributed by atoms with Gasteiger partial charge >= 0.3 is 0 Å². The molecule has 0 saturated heterocycles. The molecule has 2 nitrogen and oxygen atoms in total. The van der Waals surface area contributed by atoms with Gasteiger partial charge in [-0.15, -0.1) is 11.3 Å². The Balaban J connectivity index is 2.20. The van der Waals surface area contributed by atoms with E-state index in [9.17, 15) is 0 Å². The van der Waals surface area contributed by atoms with Crippen LogP contribution in [-0.2, 0) is 12.0 Å². The van der Waals surface area contributed by atoms with Crippen molar-refractivity contribution in [1.82, 2.24) is 10.3 Å². The van der Waals surface area contributed by atoms with Crippen LogP contribution in [-0.4, -0.2) is 11.5 Å². The molecule has 0 bridgehead atoms. The van der Waals surface area contributed by atoms with Crippen molar-refractivity contribution < 1.29 is 0 Å². The van der Waals surface area contributed by atoms with Gasteiger partial charge in [0.1, 0.15) is 5.01 Å². The highest BCUT2D eigenvalue weighted by Crippen LogP contribution is 2.41. The number of fused-ring (bicyclic) bond motifs is 1. The molecule has 1 N–H and O–H groups in total. The van der Waals surface area contributed by atoms with Crippen molar-refractivity contribution in [3.8, 4) is 0 Å². The van der Waals surface area contributed by atoms with Crippen molar-refractivity contribution in [3.05, 3.63) is 51.0 Å². The van der Waals surface area contributed by atoms with Crippen molar-refractivity contribution in [1.29, 1.82) is 0 Å². The molecule has 112 valence electrons. The molecule has 1 aliphatic carbocycles. The van der Waals surface area contributed by atoms with E-state index in [0.29, 0.717) is 0 Å². The molecule has 1 aromatic carbocycles. The molecule has 0 aliphatic heterocycles. The van der Waals surface area contributed by atoms with E-state index in [1.807, 2.05) is 11.3 Å². The second-order valence-corrected chi connectivity index (χ2v) is 7.16. The van der Waals surface area contributed by atoms with Crippen LogP contribution in [0.25, 0.3) is 0 Å². The third-order valence-electron chi connectivity index (χ3n) is 4.60. The summed E-state index contributed by atoms with van der Waals surface area (Å²) in [6.45, 7) is 7.46.